The zero-order valence-electron chi connectivity index (χ0n) is 12.8. The van der Waals surface area contributed by atoms with Gasteiger partial charge in [-0.1, -0.05) is 11.6 Å². The van der Waals surface area contributed by atoms with Gasteiger partial charge < -0.3 is 10.6 Å². The molecule has 0 saturated carbocycles. The van der Waals surface area contributed by atoms with Gasteiger partial charge in [0, 0.05) is 17.3 Å². The van der Waals surface area contributed by atoms with Gasteiger partial charge in [0.05, 0.1) is 6.04 Å². The van der Waals surface area contributed by atoms with E-state index < -0.39 is 0 Å². The van der Waals surface area contributed by atoms with Crippen LogP contribution in [0.2, 0.25) is 5.02 Å². The van der Waals surface area contributed by atoms with E-state index in [1.165, 1.54) is 18.4 Å². The molecule has 2 heterocycles. The zero-order chi connectivity index (χ0) is 16.1. The second-order valence-corrected chi connectivity index (χ2v) is 6.87. The standard InChI is InChI=1S/C17H20ClN3OS/c18-14-3-5-15(6-4-14)20-17(22)19-11-16(13-7-10-23-12-13)21-8-1-2-9-21/h3-7,10,12,16H,1-2,8-9,11H2,(H2,19,20,22)/t16-/m0/s1. The Balaban J connectivity index is 1.57. The second kappa shape index (κ2) is 7.81. The van der Waals surface area contributed by atoms with E-state index in [0.717, 1.165) is 18.8 Å². The molecule has 0 aliphatic carbocycles. The monoisotopic (exact) mass is 349 g/mol. The van der Waals surface area contributed by atoms with Crippen LogP contribution in [0, 0.1) is 0 Å². The van der Waals surface area contributed by atoms with Crippen molar-refractivity contribution >= 4 is 34.7 Å². The molecule has 2 N–H and O–H groups in total. The van der Waals surface area contributed by atoms with Crippen molar-refractivity contribution in [1.82, 2.24) is 10.2 Å². The first-order valence-electron chi connectivity index (χ1n) is 7.79. The maximum atomic E-state index is 12.1. The summed E-state index contributed by atoms with van der Waals surface area (Å²) >= 11 is 7.55. The van der Waals surface area contributed by atoms with Crippen molar-refractivity contribution in [3.63, 3.8) is 0 Å². The molecule has 0 bridgehead atoms. The Bertz CT molecular complexity index is 624. The number of halogens is 1. The minimum absolute atomic E-state index is 0.188. The van der Waals surface area contributed by atoms with Gasteiger partial charge in [0.15, 0.2) is 0 Å². The van der Waals surface area contributed by atoms with Crippen molar-refractivity contribution in [3.05, 3.63) is 51.7 Å². The van der Waals surface area contributed by atoms with Gasteiger partial charge in [-0.25, -0.2) is 4.79 Å². The lowest BCUT2D eigenvalue weighted by molar-refractivity contribution is 0.228. The molecule has 2 aromatic rings. The quantitative estimate of drug-likeness (QED) is 0.842. The highest BCUT2D eigenvalue weighted by Gasteiger charge is 2.24. The lowest BCUT2D eigenvalue weighted by atomic mass is 10.1. The van der Waals surface area contributed by atoms with Gasteiger partial charge in [-0.15, -0.1) is 0 Å². The van der Waals surface area contributed by atoms with Gasteiger partial charge in [0.1, 0.15) is 0 Å². The number of anilines is 1. The van der Waals surface area contributed by atoms with Crippen molar-refractivity contribution in [2.24, 2.45) is 0 Å². The smallest absolute Gasteiger partial charge is 0.319 e. The normalized spacial score (nSPS) is 16.2. The molecule has 1 aromatic carbocycles. The van der Waals surface area contributed by atoms with Crippen molar-refractivity contribution in [2.75, 3.05) is 25.0 Å². The fourth-order valence-electron chi connectivity index (χ4n) is 2.87. The van der Waals surface area contributed by atoms with Gasteiger partial charge in [0.2, 0.25) is 0 Å². The Morgan fingerprint density at radius 1 is 1.22 bits per heavy atom. The number of likely N-dealkylation sites (tertiary alicyclic amines) is 1. The lowest BCUT2D eigenvalue weighted by Gasteiger charge is -2.27. The molecule has 1 saturated heterocycles. The summed E-state index contributed by atoms with van der Waals surface area (Å²) in [5.41, 5.74) is 2.02. The van der Waals surface area contributed by atoms with Crippen LogP contribution in [0.3, 0.4) is 0 Å². The third-order valence-corrected chi connectivity index (χ3v) is 5.02. The van der Waals surface area contributed by atoms with Crippen molar-refractivity contribution in [3.8, 4) is 0 Å². The molecule has 0 unspecified atom stereocenters. The average molecular weight is 350 g/mol. The van der Waals surface area contributed by atoms with Gasteiger partial charge >= 0.3 is 6.03 Å². The van der Waals surface area contributed by atoms with Gasteiger partial charge in [-0.3, -0.25) is 4.90 Å². The molecule has 1 aliphatic heterocycles. The number of urea groups is 1. The molecule has 122 valence electrons. The Hall–Kier alpha value is -1.56. The van der Waals surface area contributed by atoms with Crippen LogP contribution in [0.15, 0.2) is 41.1 Å². The number of hydrogen-bond donors (Lipinski definition) is 2. The molecule has 4 nitrogen and oxygen atoms in total. The minimum Gasteiger partial charge on any atom is -0.336 e. The van der Waals surface area contributed by atoms with Gasteiger partial charge in [-0.05, 0) is 72.6 Å². The number of nitrogens with one attached hydrogen (secondary N) is 2. The SMILES string of the molecule is O=C(NC[C@@H](c1ccsc1)N1CCCC1)Nc1ccc(Cl)cc1. The Morgan fingerprint density at radius 3 is 2.61 bits per heavy atom. The summed E-state index contributed by atoms with van der Waals surface area (Å²) in [5.74, 6) is 0. The molecule has 1 fully saturated rings. The first-order valence-corrected chi connectivity index (χ1v) is 9.11. The molecular weight excluding hydrogens is 330 g/mol. The molecule has 0 radical (unpaired) electrons. The molecule has 2 amide bonds. The van der Waals surface area contributed by atoms with Crippen LogP contribution in [0.5, 0.6) is 0 Å². The number of hydrogen-bond acceptors (Lipinski definition) is 3. The largest absolute Gasteiger partial charge is 0.336 e. The second-order valence-electron chi connectivity index (χ2n) is 5.66. The van der Waals surface area contributed by atoms with Gasteiger partial charge in [-0.2, -0.15) is 11.3 Å². The highest BCUT2D eigenvalue weighted by molar-refractivity contribution is 7.07. The van der Waals surface area contributed by atoms with E-state index in [1.807, 2.05) is 0 Å². The minimum atomic E-state index is -0.188. The van der Waals surface area contributed by atoms with E-state index >= 15 is 0 Å². The molecule has 3 rings (SSSR count). The predicted molar refractivity (Wildman–Crippen MR) is 96.3 cm³/mol. The van der Waals surface area contributed by atoms with Crippen molar-refractivity contribution in [2.45, 2.75) is 18.9 Å². The molecule has 0 spiro atoms. The lowest BCUT2D eigenvalue weighted by Crippen LogP contribution is -2.38. The highest BCUT2D eigenvalue weighted by Crippen LogP contribution is 2.26. The maximum absolute atomic E-state index is 12.1. The third-order valence-electron chi connectivity index (χ3n) is 4.07. The predicted octanol–water partition coefficient (Wildman–Crippen LogP) is 4.36. The van der Waals surface area contributed by atoms with E-state index in [0.29, 0.717) is 11.6 Å². The van der Waals surface area contributed by atoms with E-state index in [1.54, 1.807) is 35.6 Å². The average Bonchev–Trinajstić information content (AvgIpc) is 3.24. The number of rotatable bonds is 5. The topological polar surface area (TPSA) is 44.4 Å². The maximum Gasteiger partial charge on any atom is 0.319 e. The van der Waals surface area contributed by atoms with Crippen LogP contribution in [-0.4, -0.2) is 30.6 Å². The summed E-state index contributed by atoms with van der Waals surface area (Å²) in [7, 11) is 0. The number of carbonyl (C=O) groups excluding carboxylic acids is 1. The van der Waals surface area contributed by atoms with Crippen molar-refractivity contribution < 1.29 is 4.79 Å². The van der Waals surface area contributed by atoms with Crippen LogP contribution >= 0.6 is 22.9 Å². The third kappa shape index (κ3) is 4.47. The Morgan fingerprint density at radius 2 is 1.96 bits per heavy atom. The molecule has 6 heteroatoms. The summed E-state index contributed by atoms with van der Waals surface area (Å²) in [5, 5.41) is 10.7. The van der Waals surface area contributed by atoms with E-state index in [2.05, 4.69) is 32.4 Å². The molecule has 23 heavy (non-hydrogen) atoms. The number of benzene rings is 1. The van der Waals surface area contributed by atoms with Crippen LogP contribution in [-0.2, 0) is 0 Å². The molecular formula is C17H20ClN3OS. The highest BCUT2D eigenvalue weighted by atomic mass is 35.5. The summed E-state index contributed by atoms with van der Waals surface area (Å²) in [6, 6.07) is 9.31. The van der Waals surface area contributed by atoms with Crippen molar-refractivity contribution in [1.29, 1.82) is 0 Å². The Labute approximate surface area is 145 Å². The van der Waals surface area contributed by atoms with Crippen LogP contribution in [0.4, 0.5) is 10.5 Å². The molecule has 1 aromatic heterocycles. The number of nitrogens with zero attached hydrogens (tertiary/aromatic N) is 1. The summed E-state index contributed by atoms with van der Waals surface area (Å²) in [6.45, 7) is 2.80. The number of thiophene rings is 1. The van der Waals surface area contributed by atoms with Crippen LogP contribution in [0.25, 0.3) is 0 Å². The summed E-state index contributed by atoms with van der Waals surface area (Å²) < 4.78 is 0. The first kappa shape index (κ1) is 16.3. The first-order chi connectivity index (χ1) is 11.2. The van der Waals surface area contributed by atoms with E-state index in [9.17, 15) is 4.79 Å². The Kier molecular flexibility index (Phi) is 5.54. The van der Waals surface area contributed by atoms with E-state index in [-0.39, 0.29) is 12.1 Å². The van der Waals surface area contributed by atoms with E-state index in [4.69, 9.17) is 11.6 Å². The number of amides is 2. The van der Waals surface area contributed by atoms with Gasteiger partial charge in [0.25, 0.3) is 0 Å². The summed E-state index contributed by atoms with van der Waals surface area (Å²) in [6.07, 6.45) is 2.47. The fraction of sp³-hybridized carbons (Fsp3) is 0.353. The zero-order valence-corrected chi connectivity index (χ0v) is 14.4. The molecule has 1 atom stereocenters. The summed E-state index contributed by atoms with van der Waals surface area (Å²) in [4.78, 5) is 14.6. The number of carbonyl (C=O) groups is 1. The van der Waals surface area contributed by atoms with Crippen LogP contribution in [0.1, 0.15) is 24.4 Å². The fourth-order valence-corrected chi connectivity index (χ4v) is 3.71. The molecule has 1 aliphatic rings. The van der Waals surface area contributed by atoms with Crippen LogP contribution < -0.4 is 10.6 Å².